The number of nitro benzene ring substituents is 1. The van der Waals surface area contributed by atoms with E-state index in [1.54, 1.807) is 6.07 Å². The molecule has 0 atom stereocenters. The lowest BCUT2D eigenvalue weighted by atomic mass is 10.0. The molecule has 0 unspecified atom stereocenters. The van der Waals surface area contributed by atoms with Gasteiger partial charge in [-0.2, -0.15) is 0 Å². The van der Waals surface area contributed by atoms with Crippen molar-refractivity contribution in [3.05, 3.63) is 28.3 Å². The largest absolute Gasteiger partial charge is 0.367 e. The maximum Gasteiger partial charge on any atom is 0.271 e. The van der Waals surface area contributed by atoms with Gasteiger partial charge in [-0.05, 0) is 24.8 Å². The Morgan fingerprint density at radius 1 is 1.19 bits per heavy atom. The summed E-state index contributed by atoms with van der Waals surface area (Å²) >= 11 is 0. The number of rotatable bonds is 11. The number of ketones is 1. The molecule has 0 amide bonds. The van der Waals surface area contributed by atoms with Gasteiger partial charge in [0.15, 0.2) is 11.6 Å². The third-order valence-corrected chi connectivity index (χ3v) is 4.06. The number of hydrazine groups is 1. The number of anilines is 2. The van der Waals surface area contributed by atoms with Crippen molar-refractivity contribution < 1.29 is 9.72 Å². The smallest absolute Gasteiger partial charge is 0.271 e. The van der Waals surface area contributed by atoms with Gasteiger partial charge in [-0.15, -0.1) is 0 Å². The minimum absolute atomic E-state index is 0.0486. The van der Waals surface area contributed by atoms with Gasteiger partial charge in [-0.25, -0.2) is 15.8 Å². The number of fused-ring (bicyclic) bond motifs is 1. The molecule has 0 saturated carbocycles. The summed E-state index contributed by atoms with van der Waals surface area (Å²) in [6.45, 7) is 4.77. The van der Waals surface area contributed by atoms with E-state index in [1.807, 2.05) is 13.8 Å². The molecule has 9 nitrogen and oxygen atoms in total. The number of nitrogens with one attached hydrogen (secondary N) is 2. The lowest BCUT2D eigenvalue weighted by Crippen LogP contribution is -2.14. The summed E-state index contributed by atoms with van der Waals surface area (Å²) in [7, 11) is 0. The number of Topliss-reactive ketones (excluding diaryl/α,β-unsaturated/α-hetero) is 1. The second-order valence-electron chi connectivity index (χ2n) is 6.87. The molecule has 4 N–H and O–H groups in total. The van der Waals surface area contributed by atoms with E-state index in [2.05, 4.69) is 20.7 Å². The lowest BCUT2D eigenvalue weighted by Gasteiger charge is -2.11. The van der Waals surface area contributed by atoms with E-state index in [0.717, 1.165) is 19.3 Å². The lowest BCUT2D eigenvalue weighted by molar-refractivity contribution is -0.384. The van der Waals surface area contributed by atoms with Gasteiger partial charge in [-0.3, -0.25) is 14.9 Å². The maximum atomic E-state index is 11.7. The van der Waals surface area contributed by atoms with Crippen molar-refractivity contribution in [1.29, 1.82) is 0 Å². The van der Waals surface area contributed by atoms with Crippen LogP contribution in [0.3, 0.4) is 0 Å². The van der Waals surface area contributed by atoms with E-state index in [1.165, 1.54) is 12.1 Å². The molecule has 0 aliphatic heterocycles. The predicted molar refractivity (Wildman–Crippen MR) is 105 cm³/mol. The normalized spacial score (nSPS) is 11.0. The number of unbranched alkanes of at least 4 members (excludes halogenated alkanes) is 2. The van der Waals surface area contributed by atoms with E-state index in [9.17, 15) is 14.9 Å². The molecular formula is C18H26N6O3. The average Bonchev–Trinajstić information content (AvgIpc) is 2.62. The number of hydrogen-bond acceptors (Lipinski definition) is 8. The molecule has 0 bridgehead atoms. The van der Waals surface area contributed by atoms with Crippen LogP contribution in [0.15, 0.2) is 18.2 Å². The number of aromatic nitrogens is 2. The molecule has 27 heavy (non-hydrogen) atoms. The molecule has 146 valence electrons. The zero-order valence-corrected chi connectivity index (χ0v) is 15.7. The molecule has 0 radical (unpaired) electrons. The number of nitrogens with zero attached hydrogens (tertiary/aromatic N) is 3. The minimum atomic E-state index is -0.477. The van der Waals surface area contributed by atoms with Crippen LogP contribution in [0, 0.1) is 16.0 Å². The standard InChI is InChI=1S/C18H26N6O3/c1-12(2)10-14(25)6-4-3-5-9-20-17-18(23-19)22-16-11-13(24(26)27)7-8-15(16)21-17/h7-8,11-12H,3-6,9-10,19H2,1-2H3,(H,20,21)(H,22,23). The molecule has 1 aromatic heterocycles. The summed E-state index contributed by atoms with van der Waals surface area (Å²) in [5.74, 6) is 7.06. The number of carbonyl (C=O) groups is 1. The minimum Gasteiger partial charge on any atom is -0.367 e. The van der Waals surface area contributed by atoms with Crippen molar-refractivity contribution in [3.8, 4) is 0 Å². The third-order valence-electron chi connectivity index (χ3n) is 4.06. The van der Waals surface area contributed by atoms with Crippen LogP contribution >= 0.6 is 0 Å². The first-order valence-corrected chi connectivity index (χ1v) is 9.09. The van der Waals surface area contributed by atoms with Crippen molar-refractivity contribution in [2.24, 2.45) is 11.8 Å². The molecular weight excluding hydrogens is 348 g/mol. The highest BCUT2D eigenvalue weighted by atomic mass is 16.6. The quantitative estimate of drug-likeness (QED) is 0.235. The Morgan fingerprint density at radius 2 is 1.93 bits per heavy atom. The number of nitrogens with two attached hydrogens (primary N) is 1. The van der Waals surface area contributed by atoms with Crippen LogP contribution in [0.1, 0.15) is 46.0 Å². The second-order valence-corrected chi connectivity index (χ2v) is 6.87. The Balaban J connectivity index is 1.89. The highest BCUT2D eigenvalue weighted by Gasteiger charge is 2.12. The summed E-state index contributed by atoms with van der Waals surface area (Å²) in [4.78, 5) is 30.8. The fourth-order valence-corrected chi connectivity index (χ4v) is 2.77. The fourth-order valence-electron chi connectivity index (χ4n) is 2.77. The van der Waals surface area contributed by atoms with Crippen molar-refractivity contribution in [2.75, 3.05) is 17.3 Å². The number of non-ortho nitro benzene ring substituents is 1. The van der Waals surface area contributed by atoms with Crippen molar-refractivity contribution >= 4 is 34.1 Å². The van der Waals surface area contributed by atoms with Crippen molar-refractivity contribution in [1.82, 2.24) is 9.97 Å². The summed E-state index contributed by atoms with van der Waals surface area (Å²) in [6.07, 6.45) is 3.98. The number of carbonyl (C=O) groups excluding carboxylic acids is 1. The van der Waals surface area contributed by atoms with Gasteiger partial charge < -0.3 is 10.7 Å². The molecule has 0 saturated heterocycles. The highest BCUT2D eigenvalue weighted by Crippen LogP contribution is 2.24. The van der Waals surface area contributed by atoms with E-state index in [4.69, 9.17) is 5.84 Å². The summed E-state index contributed by atoms with van der Waals surface area (Å²) in [5, 5.41) is 14.1. The Labute approximate surface area is 157 Å². The van der Waals surface area contributed by atoms with Crippen LogP contribution in [0.25, 0.3) is 11.0 Å². The molecule has 2 aromatic rings. The van der Waals surface area contributed by atoms with Crippen LogP contribution in [-0.4, -0.2) is 27.2 Å². The number of nitrogen functional groups attached to an aromatic ring is 1. The van der Waals surface area contributed by atoms with Gasteiger partial charge in [0.2, 0.25) is 0 Å². The molecule has 0 fully saturated rings. The molecule has 0 aliphatic rings. The van der Waals surface area contributed by atoms with Gasteiger partial charge >= 0.3 is 0 Å². The van der Waals surface area contributed by atoms with Gasteiger partial charge in [0.1, 0.15) is 5.78 Å². The second kappa shape index (κ2) is 9.77. The molecule has 1 heterocycles. The maximum absolute atomic E-state index is 11.7. The van der Waals surface area contributed by atoms with E-state index in [-0.39, 0.29) is 5.69 Å². The Kier molecular flexibility index (Phi) is 7.42. The topological polar surface area (TPSA) is 136 Å². The molecule has 0 aliphatic carbocycles. The van der Waals surface area contributed by atoms with Crippen LogP contribution in [-0.2, 0) is 4.79 Å². The third kappa shape index (κ3) is 6.14. The number of hydrogen-bond donors (Lipinski definition) is 3. The molecule has 2 rings (SSSR count). The highest BCUT2D eigenvalue weighted by molar-refractivity contribution is 5.82. The van der Waals surface area contributed by atoms with Gasteiger partial charge in [0.05, 0.1) is 16.0 Å². The Hall–Kier alpha value is -2.81. The van der Waals surface area contributed by atoms with Crippen molar-refractivity contribution in [2.45, 2.75) is 46.0 Å². The Bertz CT molecular complexity index is 809. The van der Waals surface area contributed by atoms with Crippen molar-refractivity contribution in [3.63, 3.8) is 0 Å². The zero-order valence-electron chi connectivity index (χ0n) is 15.7. The molecule has 9 heteroatoms. The van der Waals surface area contributed by atoms with E-state index < -0.39 is 4.92 Å². The Morgan fingerprint density at radius 3 is 2.59 bits per heavy atom. The molecule has 0 spiro atoms. The SMILES string of the molecule is CC(C)CC(=O)CCCCCNc1nc2ccc([N+](=O)[O-])cc2nc1NN. The van der Waals surface area contributed by atoms with Gasteiger partial charge in [0, 0.05) is 31.5 Å². The summed E-state index contributed by atoms with van der Waals surface area (Å²) in [5.41, 5.74) is 3.36. The first-order valence-electron chi connectivity index (χ1n) is 9.09. The predicted octanol–water partition coefficient (Wildman–Crippen LogP) is 3.41. The van der Waals surface area contributed by atoms with Crippen LogP contribution < -0.4 is 16.6 Å². The van der Waals surface area contributed by atoms with E-state index >= 15 is 0 Å². The van der Waals surface area contributed by atoms with Crippen LogP contribution in [0.5, 0.6) is 0 Å². The van der Waals surface area contributed by atoms with E-state index in [0.29, 0.717) is 53.8 Å². The first-order chi connectivity index (χ1) is 12.9. The summed E-state index contributed by atoms with van der Waals surface area (Å²) in [6, 6.07) is 4.32. The van der Waals surface area contributed by atoms with Crippen LogP contribution in [0.4, 0.5) is 17.3 Å². The van der Waals surface area contributed by atoms with Crippen LogP contribution in [0.2, 0.25) is 0 Å². The fraction of sp³-hybridized carbons (Fsp3) is 0.500. The van der Waals surface area contributed by atoms with Gasteiger partial charge in [0.25, 0.3) is 5.69 Å². The average molecular weight is 374 g/mol. The number of benzene rings is 1. The zero-order chi connectivity index (χ0) is 19.8. The summed E-state index contributed by atoms with van der Waals surface area (Å²) < 4.78 is 0. The monoisotopic (exact) mass is 374 g/mol. The molecule has 1 aromatic carbocycles. The first kappa shape index (κ1) is 20.5. The number of nitro groups is 1. The van der Waals surface area contributed by atoms with Gasteiger partial charge in [-0.1, -0.05) is 20.3 Å².